The fraction of sp³-hybridized carbons (Fsp3) is 0.412. The highest BCUT2D eigenvalue weighted by Gasteiger charge is 2.10. The molecule has 1 aliphatic heterocycles. The first-order chi connectivity index (χ1) is 14.6. The number of H-pyrrole nitrogens is 1. The molecule has 0 spiro atoms. The molecule has 1 aliphatic rings. The van der Waals surface area contributed by atoms with E-state index in [1.54, 1.807) is 6.08 Å². The van der Waals surface area contributed by atoms with Crippen LogP contribution >= 0.6 is 0 Å². The van der Waals surface area contributed by atoms with Crippen molar-refractivity contribution in [2.45, 2.75) is 12.8 Å². The van der Waals surface area contributed by atoms with Crippen molar-refractivity contribution in [1.29, 1.82) is 0 Å². The van der Waals surface area contributed by atoms with E-state index in [2.05, 4.69) is 36.3 Å². The third-order valence-corrected chi connectivity index (χ3v) is 3.48. The van der Waals surface area contributed by atoms with Crippen molar-refractivity contribution in [3.63, 3.8) is 0 Å². The lowest BCUT2D eigenvalue weighted by Crippen LogP contribution is -2.26. The maximum absolute atomic E-state index is 11.6. The van der Waals surface area contributed by atoms with Crippen LogP contribution in [0, 0.1) is 0 Å². The molecule has 0 aromatic carbocycles. The molecule has 0 saturated carbocycles. The van der Waals surface area contributed by atoms with Gasteiger partial charge < -0.3 is 20.1 Å². The molecule has 0 fully saturated rings. The Labute approximate surface area is 171 Å². The number of esters is 2. The van der Waals surface area contributed by atoms with Gasteiger partial charge in [0.15, 0.2) is 5.69 Å². The van der Waals surface area contributed by atoms with Gasteiger partial charge in [0.25, 0.3) is 11.8 Å². The predicted molar refractivity (Wildman–Crippen MR) is 99.8 cm³/mol. The molecule has 2 rings (SSSR count). The van der Waals surface area contributed by atoms with Crippen molar-refractivity contribution in [2.75, 3.05) is 32.8 Å². The van der Waals surface area contributed by atoms with Crippen molar-refractivity contribution in [3.8, 4) is 0 Å². The third kappa shape index (κ3) is 8.41. The fourth-order valence-electron chi connectivity index (χ4n) is 2.04. The van der Waals surface area contributed by atoms with Gasteiger partial charge >= 0.3 is 11.9 Å². The van der Waals surface area contributed by atoms with Crippen LogP contribution in [-0.2, 0) is 23.9 Å². The summed E-state index contributed by atoms with van der Waals surface area (Å²) in [5, 5.41) is 22.0. The van der Waals surface area contributed by atoms with Crippen LogP contribution in [0.5, 0.6) is 0 Å². The Kier molecular flexibility index (Phi) is 9.36. The second-order valence-electron chi connectivity index (χ2n) is 5.76. The maximum atomic E-state index is 11.6. The summed E-state index contributed by atoms with van der Waals surface area (Å²) >= 11 is 0. The molecule has 1 aromatic rings. The summed E-state index contributed by atoms with van der Waals surface area (Å²) in [4.78, 5) is 46.2. The predicted octanol–water partition coefficient (Wildman–Crippen LogP) is -0.577. The minimum atomic E-state index is -0.707. The van der Waals surface area contributed by atoms with E-state index in [9.17, 15) is 19.2 Å². The summed E-state index contributed by atoms with van der Waals surface area (Å²) in [5.74, 6) is -2.13. The third-order valence-electron chi connectivity index (χ3n) is 3.48. The van der Waals surface area contributed by atoms with Crippen molar-refractivity contribution in [3.05, 3.63) is 35.8 Å². The first kappa shape index (κ1) is 22.4. The summed E-state index contributed by atoms with van der Waals surface area (Å²) in [7, 11) is 0. The van der Waals surface area contributed by atoms with Gasteiger partial charge in [0.1, 0.15) is 5.70 Å². The number of nitrogens with one attached hydrogen (secondary N) is 3. The molecule has 3 N–H and O–H groups in total. The Bertz CT molecular complexity index is 832. The minimum Gasteiger partial charge on any atom is -0.462 e. The van der Waals surface area contributed by atoms with E-state index < -0.39 is 17.8 Å². The average molecular weight is 419 g/mol. The zero-order chi connectivity index (χ0) is 21.6. The van der Waals surface area contributed by atoms with E-state index >= 15 is 0 Å². The normalized spacial score (nSPS) is 12.5. The van der Waals surface area contributed by atoms with Crippen LogP contribution in [-0.4, -0.2) is 72.0 Å². The van der Waals surface area contributed by atoms with Gasteiger partial charge in [-0.1, -0.05) is 0 Å². The number of aromatic amines is 1. The first-order valence-corrected chi connectivity index (χ1v) is 9.07. The van der Waals surface area contributed by atoms with Crippen LogP contribution in [0.3, 0.4) is 0 Å². The Balaban J connectivity index is 1.46. The van der Waals surface area contributed by atoms with Crippen LogP contribution in [0.2, 0.25) is 0 Å². The summed E-state index contributed by atoms with van der Waals surface area (Å²) in [5.41, 5.74) is 0.430. The van der Waals surface area contributed by atoms with Crippen LogP contribution in [0.25, 0.3) is 0 Å². The molecule has 0 bridgehead atoms. The molecule has 13 nitrogen and oxygen atoms in total. The number of azo groups is 1. The Morgan fingerprint density at radius 1 is 1.00 bits per heavy atom. The van der Waals surface area contributed by atoms with E-state index in [1.807, 2.05) is 0 Å². The molecule has 0 radical (unpaired) electrons. The van der Waals surface area contributed by atoms with Crippen molar-refractivity contribution < 1.29 is 28.7 Å². The summed E-state index contributed by atoms with van der Waals surface area (Å²) < 4.78 is 9.80. The molecular formula is C17H21N7O6. The topological polar surface area (TPSA) is 177 Å². The molecule has 0 unspecified atom stereocenters. The number of carbonyl (C=O) groups is 4. The second-order valence-corrected chi connectivity index (χ2v) is 5.76. The van der Waals surface area contributed by atoms with Crippen LogP contribution in [0.4, 0.5) is 0 Å². The Morgan fingerprint density at radius 2 is 1.63 bits per heavy atom. The Hall–Kier alpha value is -3.90. The van der Waals surface area contributed by atoms with E-state index in [0.717, 1.165) is 12.2 Å². The van der Waals surface area contributed by atoms with Gasteiger partial charge in [0.2, 0.25) is 0 Å². The molecule has 1 aromatic heterocycles. The standard InChI is InChI=1S/C17H21N7O6/c25-14(29-9-1-6-18-16(27)12-5-8-20-22-12)3-4-15(26)30-10-2-7-19-17(28)13-11-21-24-23-13/h3-5,11H,1-2,6-10H2,(H,18,27)(H,19,28)(H,21,23,24)/b4-3+. The number of ether oxygens (including phenoxy) is 2. The zero-order valence-corrected chi connectivity index (χ0v) is 16.0. The number of carbonyl (C=O) groups excluding carboxylic acids is 4. The van der Waals surface area contributed by atoms with Crippen molar-refractivity contribution in [1.82, 2.24) is 26.0 Å². The smallest absolute Gasteiger partial charge is 0.331 e. The van der Waals surface area contributed by atoms with Crippen molar-refractivity contribution >= 4 is 23.8 Å². The molecule has 2 heterocycles. The number of rotatable bonds is 12. The highest BCUT2D eigenvalue weighted by atomic mass is 16.5. The summed E-state index contributed by atoms with van der Waals surface area (Å²) in [6.45, 7) is 1.12. The lowest BCUT2D eigenvalue weighted by molar-refractivity contribution is -0.140. The van der Waals surface area contributed by atoms with Crippen LogP contribution in [0.1, 0.15) is 23.3 Å². The fourth-order valence-corrected chi connectivity index (χ4v) is 2.04. The average Bonchev–Trinajstić information content (AvgIpc) is 3.45. The summed E-state index contributed by atoms with van der Waals surface area (Å²) in [6.07, 6.45) is 5.59. The first-order valence-electron chi connectivity index (χ1n) is 9.07. The number of aromatic nitrogens is 3. The molecule has 13 heteroatoms. The summed E-state index contributed by atoms with van der Waals surface area (Å²) in [6, 6.07) is 0. The van der Waals surface area contributed by atoms with Gasteiger partial charge in [-0.15, -0.1) is 0 Å². The minimum absolute atomic E-state index is 0.0625. The largest absolute Gasteiger partial charge is 0.462 e. The highest BCUT2D eigenvalue weighted by Crippen LogP contribution is 2.04. The van der Waals surface area contributed by atoms with E-state index in [-0.39, 0.29) is 37.1 Å². The monoisotopic (exact) mass is 419 g/mol. The Morgan fingerprint density at radius 3 is 2.17 bits per heavy atom. The number of amides is 2. The van der Waals surface area contributed by atoms with Gasteiger partial charge in [-0.05, 0) is 18.9 Å². The molecular weight excluding hydrogens is 398 g/mol. The molecule has 160 valence electrons. The van der Waals surface area contributed by atoms with Gasteiger partial charge in [-0.25, -0.2) is 9.59 Å². The second kappa shape index (κ2) is 12.5. The van der Waals surface area contributed by atoms with Crippen LogP contribution in [0.15, 0.2) is 40.4 Å². The number of nitrogens with zero attached hydrogens (tertiary/aromatic N) is 4. The highest BCUT2D eigenvalue weighted by molar-refractivity contribution is 5.93. The molecule has 2 amide bonds. The number of hydrogen-bond donors (Lipinski definition) is 3. The van der Waals surface area contributed by atoms with Gasteiger partial charge in [0.05, 0.1) is 26.0 Å². The lowest BCUT2D eigenvalue weighted by atomic mass is 10.3. The zero-order valence-electron chi connectivity index (χ0n) is 16.0. The quantitative estimate of drug-likeness (QED) is 0.229. The SMILES string of the molecule is O=C(/C=C/C(=O)OCCCNC(=O)c1cn[nH]n1)OCCCNC(=O)C1=CCN=N1. The van der Waals surface area contributed by atoms with Crippen LogP contribution < -0.4 is 10.6 Å². The van der Waals surface area contributed by atoms with E-state index in [1.165, 1.54) is 6.20 Å². The van der Waals surface area contributed by atoms with Gasteiger partial charge in [-0.2, -0.15) is 25.6 Å². The lowest BCUT2D eigenvalue weighted by Gasteiger charge is -2.04. The number of hydrogen-bond acceptors (Lipinski definition) is 10. The molecule has 30 heavy (non-hydrogen) atoms. The van der Waals surface area contributed by atoms with E-state index in [0.29, 0.717) is 25.9 Å². The van der Waals surface area contributed by atoms with E-state index in [4.69, 9.17) is 9.47 Å². The van der Waals surface area contributed by atoms with Gasteiger partial charge in [-0.3, -0.25) is 9.59 Å². The molecule has 0 atom stereocenters. The molecule has 0 aliphatic carbocycles. The molecule has 0 saturated heterocycles. The maximum Gasteiger partial charge on any atom is 0.331 e. The van der Waals surface area contributed by atoms with Crippen molar-refractivity contribution in [2.24, 2.45) is 10.2 Å². The van der Waals surface area contributed by atoms with Gasteiger partial charge in [0, 0.05) is 25.2 Å².